The summed E-state index contributed by atoms with van der Waals surface area (Å²) in [5, 5.41) is 6.43. The van der Waals surface area contributed by atoms with Crippen molar-refractivity contribution < 1.29 is 22.7 Å². The largest absolute Gasteiger partial charge is 0.411 e. The molecule has 0 atom stereocenters. The van der Waals surface area contributed by atoms with E-state index in [0.29, 0.717) is 31.0 Å². The molecule has 2 N–H and O–H groups in total. The number of carbonyl (C=O) groups is 1. The molecule has 1 aliphatic heterocycles. The molecule has 0 aromatic heterocycles. The maximum Gasteiger partial charge on any atom is 0.411 e. The van der Waals surface area contributed by atoms with E-state index in [-0.39, 0.29) is 12.5 Å². The molecule has 9 heteroatoms. The monoisotopic (exact) mass is 414 g/mol. The second-order valence-electron chi connectivity index (χ2n) is 6.88. The van der Waals surface area contributed by atoms with Crippen LogP contribution in [0.5, 0.6) is 0 Å². The van der Waals surface area contributed by atoms with E-state index in [1.165, 1.54) is 0 Å². The number of ether oxygens (including phenoxy) is 1. The molecular formula is C20H29F3N4O2. The van der Waals surface area contributed by atoms with Crippen LogP contribution >= 0.6 is 0 Å². The Morgan fingerprint density at radius 3 is 2.55 bits per heavy atom. The van der Waals surface area contributed by atoms with Gasteiger partial charge in [0.05, 0.1) is 13.2 Å². The standard InChI is InChI=1S/C20H29F3N4O2/c1-2-24-19(25-10-4-12-27-11-3-5-18(27)28)26-13-16-6-8-17(9-7-16)14-29-15-20(21,22)23/h6-9H,2-5,10-15H2,1H3,(H2,24,25,26). The van der Waals surface area contributed by atoms with E-state index < -0.39 is 12.8 Å². The minimum atomic E-state index is -4.31. The molecule has 1 fully saturated rings. The summed E-state index contributed by atoms with van der Waals surface area (Å²) in [4.78, 5) is 18.0. The van der Waals surface area contributed by atoms with Crippen LogP contribution in [0.25, 0.3) is 0 Å². The molecule has 0 unspecified atom stereocenters. The van der Waals surface area contributed by atoms with Crippen molar-refractivity contribution in [2.24, 2.45) is 4.99 Å². The Hall–Kier alpha value is -2.29. The minimum absolute atomic E-state index is 0.0766. The van der Waals surface area contributed by atoms with Gasteiger partial charge in [-0.05, 0) is 30.9 Å². The predicted molar refractivity (Wildman–Crippen MR) is 105 cm³/mol. The Bertz CT molecular complexity index is 663. The van der Waals surface area contributed by atoms with Gasteiger partial charge in [-0.25, -0.2) is 4.99 Å². The Labute approximate surface area is 169 Å². The van der Waals surface area contributed by atoms with E-state index >= 15 is 0 Å². The van der Waals surface area contributed by atoms with Gasteiger partial charge >= 0.3 is 6.18 Å². The zero-order valence-corrected chi connectivity index (χ0v) is 16.7. The molecule has 1 heterocycles. The highest BCUT2D eigenvalue weighted by Crippen LogP contribution is 2.16. The molecule has 0 aliphatic carbocycles. The molecule has 1 aromatic rings. The lowest BCUT2D eigenvalue weighted by Crippen LogP contribution is -2.39. The number of aliphatic imine (C=N–C) groups is 1. The van der Waals surface area contributed by atoms with E-state index in [1.807, 2.05) is 24.0 Å². The molecule has 1 aliphatic rings. The van der Waals surface area contributed by atoms with Crippen molar-refractivity contribution >= 4 is 11.9 Å². The predicted octanol–water partition coefficient (Wildman–Crippen LogP) is 2.83. The van der Waals surface area contributed by atoms with Gasteiger partial charge in [0, 0.05) is 32.6 Å². The number of carbonyl (C=O) groups excluding carboxylic acids is 1. The Morgan fingerprint density at radius 2 is 1.93 bits per heavy atom. The molecule has 0 spiro atoms. The number of hydrogen-bond acceptors (Lipinski definition) is 3. The maximum absolute atomic E-state index is 12.1. The number of amides is 1. The van der Waals surface area contributed by atoms with Gasteiger partial charge < -0.3 is 20.3 Å². The lowest BCUT2D eigenvalue weighted by Gasteiger charge is -2.16. The maximum atomic E-state index is 12.1. The molecule has 1 amide bonds. The second kappa shape index (κ2) is 11.6. The van der Waals surface area contributed by atoms with E-state index in [2.05, 4.69) is 20.4 Å². The molecule has 162 valence electrons. The van der Waals surface area contributed by atoms with Crippen LogP contribution in [-0.4, -0.2) is 55.7 Å². The van der Waals surface area contributed by atoms with Crippen molar-refractivity contribution in [2.75, 3.05) is 32.8 Å². The fourth-order valence-electron chi connectivity index (χ4n) is 2.95. The Kier molecular flexibility index (Phi) is 9.24. The van der Waals surface area contributed by atoms with Crippen LogP contribution in [0.3, 0.4) is 0 Å². The molecule has 29 heavy (non-hydrogen) atoms. The van der Waals surface area contributed by atoms with Crippen LogP contribution in [0.15, 0.2) is 29.3 Å². The van der Waals surface area contributed by atoms with Crippen LogP contribution < -0.4 is 10.6 Å². The number of benzene rings is 1. The van der Waals surface area contributed by atoms with Gasteiger partial charge in [0.2, 0.25) is 5.91 Å². The number of guanidine groups is 1. The third kappa shape index (κ3) is 9.17. The van der Waals surface area contributed by atoms with Gasteiger partial charge in [0.1, 0.15) is 6.61 Å². The first-order valence-electron chi connectivity index (χ1n) is 9.89. The summed E-state index contributed by atoms with van der Waals surface area (Å²) in [6.07, 6.45) is -1.86. The van der Waals surface area contributed by atoms with Crippen molar-refractivity contribution in [1.29, 1.82) is 0 Å². The molecule has 2 rings (SSSR count). The average molecular weight is 414 g/mol. The van der Waals surface area contributed by atoms with Crippen LogP contribution in [0.1, 0.15) is 37.3 Å². The van der Waals surface area contributed by atoms with Crippen LogP contribution in [0.4, 0.5) is 13.2 Å². The second-order valence-corrected chi connectivity index (χ2v) is 6.88. The fourth-order valence-corrected chi connectivity index (χ4v) is 2.95. The summed E-state index contributed by atoms with van der Waals surface area (Å²) in [6.45, 7) is 4.15. The van der Waals surface area contributed by atoms with Crippen molar-refractivity contribution in [3.05, 3.63) is 35.4 Å². The molecule has 0 bridgehead atoms. The lowest BCUT2D eigenvalue weighted by atomic mass is 10.1. The number of alkyl halides is 3. The molecule has 0 radical (unpaired) electrons. The van der Waals surface area contributed by atoms with E-state index in [4.69, 9.17) is 0 Å². The molecule has 1 aromatic carbocycles. The summed E-state index contributed by atoms with van der Waals surface area (Å²) < 4.78 is 41.0. The van der Waals surface area contributed by atoms with Gasteiger partial charge in [-0.3, -0.25) is 4.79 Å². The smallest absolute Gasteiger partial charge is 0.367 e. The number of nitrogens with one attached hydrogen (secondary N) is 2. The third-order valence-electron chi connectivity index (χ3n) is 4.39. The van der Waals surface area contributed by atoms with Crippen molar-refractivity contribution in [3.8, 4) is 0 Å². The Balaban J connectivity index is 1.74. The van der Waals surface area contributed by atoms with Gasteiger partial charge in [-0.1, -0.05) is 24.3 Å². The third-order valence-corrected chi connectivity index (χ3v) is 4.39. The average Bonchev–Trinajstić information content (AvgIpc) is 3.08. The highest BCUT2D eigenvalue weighted by atomic mass is 19.4. The zero-order chi connectivity index (χ0) is 21.1. The van der Waals surface area contributed by atoms with Gasteiger partial charge in [0.25, 0.3) is 0 Å². The number of halogens is 3. The van der Waals surface area contributed by atoms with Crippen LogP contribution in [0.2, 0.25) is 0 Å². The zero-order valence-electron chi connectivity index (χ0n) is 16.7. The minimum Gasteiger partial charge on any atom is -0.367 e. The first-order chi connectivity index (χ1) is 13.9. The molecule has 1 saturated heterocycles. The topological polar surface area (TPSA) is 66.0 Å². The van der Waals surface area contributed by atoms with Gasteiger partial charge in [0.15, 0.2) is 5.96 Å². The highest BCUT2D eigenvalue weighted by Gasteiger charge is 2.27. The van der Waals surface area contributed by atoms with E-state index in [9.17, 15) is 18.0 Å². The van der Waals surface area contributed by atoms with Crippen molar-refractivity contribution in [2.45, 2.75) is 45.5 Å². The number of rotatable bonds is 10. The fraction of sp³-hybridized carbons (Fsp3) is 0.600. The van der Waals surface area contributed by atoms with E-state index in [0.717, 1.165) is 38.0 Å². The molecule has 0 saturated carbocycles. The van der Waals surface area contributed by atoms with Crippen LogP contribution in [-0.2, 0) is 22.7 Å². The lowest BCUT2D eigenvalue weighted by molar-refractivity contribution is -0.176. The quantitative estimate of drug-likeness (QED) is 0.351. The summed E-state index contributed by atoms with van der Waals surface area (Å²) >= 11 is 0. The summed E-state index contributed by atoms with van der Waals surface area (Å²) in [7, 11) is 0. The number of nitrogens with zero attached hydrogens (tertiary/aromatic N) is 2. The molecule has 6 nitrogen and oxygen atoms in total. The summed E-state index contributed by atoms with van der Waals surface area (Å²) in [5.41, 5.74) is 1.63. The number of hydrogen-bond donors (Lipinski definition) is 2. The van der Waals surface area contributed by atoms with Crippen LogP contribution in [0, 0.1) is 0 Å². The van der Waals surface area contributed by atoms with Crippen molar-refractivity contribution in [1.82, 2.24) is 15.5 Å². The van der Waals surface area contributed by atoms with Crippen molar-refractivity contribution in [3.63, 3.8) is 0 Å². The first-order valence-corrected chi connectivity index (χ1v) is 9.89. The first kappa shape index (κ1) is 23.0. The Morgan fingerprint density at radius 1 is 1.21 bits per heavy atom. The summed E-state index contributed by atoms with van der Waals surface area (Å²) in [6, 6.07) is 7.15. The summed E-state index contributed by atoms with van der Waals surface area (Å²) in [5.74, 6) is 0.927. The van der Waals surface area contributed by atoms with Gasteiger partial charge in [-0.2, -0.15) is 13.2 Å². The van der Waals surface area contributed by atoms with E-state index in [1.54, 1.807) is 12.1 Å². The highest BCUT2D eigenvalue weighted by molar-refractivity contribution is 5.79. The van der Waals surface area contributed by atoms with Gasteiger partial charge in [-0.15, -0.1) is 0 Å². The SMILES string of the molecule is CCNC(=NCc1ccc(COCC(F)(F)F)cc1)NCCCN1CCCC1=O. The normalized spacial score (nSPS) is 15.1. The molecular weight excluding hydrogens is 385 g/mol. The number of likely N-dealkylation sites (tertiary alicyclic amines) is 1.